The molecule has 4 aromatic carbocycles. The second-order valence-electron chi connectivity index (χ2n) is 9.07. The lowest BCUT2D eigenvalue weighted by atomic mass is 9.99. The van der Waals surface area contributed by atoms with Gasteiger partial charge in [-0.05, 0) is 71.1 Å². The first-order chi connectivity index (χ1) is 18.1. The van der Waals surface area contributed by atoms with Gasteiger partial charge in [0.15, 0.2) is 0 Å². The topological polar surface area (TPSA) is 53.9 Å². The molecular formula is C31H28ClN3O2. The lowest BCUT2D eigenvalue weighted by molar-refractivity contribution is 0.0955. The molecule has 1 N–H and O–H groups in total. The van der Waals surface area contributed by atoms with E-state index < -0.39 is 0 Å². The molecule has 0 bridgehead atoms. The highest BCUT2D eigenvalue weighted by molar-refractivity contribution is 6.31. The van der Waals surface area contributed by atoms with Crippen LogP contribution in [-0.2, 0) is 26.1 Å². The van der Waals surface area contributed by atoms with Gasteiger partial charge >= 0.3 is 0 Å². The molecule has 0 aromatic heterocycles. The molecule has 37 heavy (non-hydrogen) atoms. The second-order valence-corrected chi connectivity index (χ2v) is 9.48. The molecule has 5 nitrogen and oxygen atoms in total. The molecule has 0 spiro atoms. The van der Waals surface area contributed by atoms with Gasteiger partial charge in [-0.1, -0.05) is 66.2 Å². The number of carbonyl (C=O) groups is 1. The number of halogens is 1. The third-order valence-corrected chi connectivity index (χ3v) is 6.81. The Morgan fingerprint density at radius 1 is 0.919 bits per heavy atom. The second kappa shape index (κ2) is 11.9. The highest BCUT2D eigenvalue weighted by Crippen LogP contribution is 2.21. The Kier molecular flexibility index (Phi) is 7.94. The maximum atomic E-state index is 12.5. The minimum Gasteiger partial charge on any atom is -0.489 e. The molecule has 0 radical (unpaired) electrons. The van der Waals surface area contributed by atoms with Crippen LogP contribution in [0.15, 0.2) is 102 Å². The standard InChI is InChI=1S/C31H28ClN3O2/c32-30-8-4-3-7-28(30)22-37-29-15-11-23(12-16-29)19-33-34-31(36)26-13-9-24(10-14-26)20-35-18-17-25-5-1-2-6-27(25)21-35/h1-16,19H,17-18,20-22H2,(H,34,36)/b33-19-. The minimum absolute atomic E-state index is 0.241. The van der Waals surface area contributed by atoms with E-state index in [2.05, 4.69) is 39.7 Å². The fraction of sp³-hybridized carbons (Fsp3) is 0.161. The van der Waals surface area contributed by atoms with Gasteiger partial charge in [-0.25, -0.2) is 5.43 Å². The van der Waals surface area contributed by atoms with Crippen LogP contribution in [0.1, 0.15) is 38.2 Å². The molecule has 0 fully saturated rings. The van der Waals surface area contributed by atoms with Crippen LogP contribution in [0, 0.1) is 0 Å². The smallest absolute Gasteiger partial charge is 0.271 e. The van der Waals surface area contributed by atoms with Gasteiger partial charge in [0.25, 0.3) is 5.91 Å². The molecule has 4 aromatic rings. The summed E-state index contributed by atoms with van der Waals surface area (Å²) in [4.78, 5) is 14.9. The van der Waals surface area contributed by atoms with Gasteiger partial charge in [0.1, 0.15) is 12.4 Å². The molecule has 1 heterocycles. The van der Waals surface area contributed by atoms with Gasteiger partial charge in [0, 0.05) is 35.8 Å². The first-order valence-electron chi connectivity index (χ1n) is 12.3. The summed E-state index contributed by atoms with van der Waals surface area (Å²) in [7, 11) is 0. The van der Waals surface area contributed by atoms with Gasteiger partial charge < -0.3 is 4.74 Å². The molecule has 1 amide bonds. The van der Waals surface area contributed by atoms with Crippen LogP contribution in [0.2, 0.25) is 5.02 Å². The van der Waals surface area contributed by atoms with E-state index in [0.717, 1.165) is 42.9 Å². The van der Waals surface area contributed by atoms with Crippen LogP contribution in [-0.4, -0.2) is 23.6 Å². The van der Waals surface area contributed by atoms with Crippen molar-refractivity contribution < 1.29 is 9.53 Å². The molecular weight excluding hydrogens is 482 g/mol. The largest absolute Gasteiger partial charge is 0.489 e. The van der Waals surface area contributed by atoms with E-state index in [1.807, 2.05) is 72.8 Å². The number of hydrazone groups is 1. The van der Waals surface area contributed by atoms with Crippen molar-refractivity contribution in [2.24, 2.45) is 5.10 Å². The summed E-state index contributed by atoms with van der Waals surface area (Å²) >= 11 is 6.17. The fourth-order valence-corrected chi connectivity index (χ4v) is 4.56. The van der Waals surface area contributed by atoms with Crippen LogP contribution < -0.4 is 10.2 Å². The average Bonchev–Trinajstić information content (AvgIpc) is 2.93. The van der Waals surface area contributed by atoms with Crippen LogP contribution in [0.3, 0.4) is 0 Å². The Balaban J connectivity index is 1.09. The van der Waals surface area contributed by atoms with E-state index in [0.29, 0.717) is 17.2 Å². The lowest BCUT2D eigenvalue weighted by Crippen LogP contribution is -2.30. The number of ether oxygens (including phenoxy) is 1. The van der Waals surface area contributed by atoms with E-state index in [4.69, 9.17) is 16.3 Å². The minimum atomic E-state index is -0.241. The molecule has 0 atom stereocenters. The van der Waals surface area contributed by atoms with E-state index in [9.17, 15) is 4.79 Å². The summed E-state index contributed by atoms with van der Waals surface area (Å²) in [5, 5.41) is 4.78. The molecule has 1 aliphatic rings. The van der Waals surface area contributed by atoms with Crippen molar-refractivity contribution in [1.82, 2.24) is 10.3 Å². The number of carbonyl (C=O) groups excluding carboxylic acids is 1. The Morgan fingerprint density at radius 2 is 1.65 bits per heavy atom. The summed E-state index contributed by atoms with van der Waals surface area (Å²) in [5.74, 6) is 0.490. The van der Waals surface area contributed by atoms with Gasteiger partial charge in [-0.15, -0.1) is 0 Å². The summed E-state index contributed by atoms with van der Waals surface area (Å²) < 4.78 is 5.80. The highest BCUT2D eigenvalue weighted by atomic mass is 35.5. The molecule has 0 aliphatic carbocycles. The van der Waals surface area contributed by atoms with Crippen molar-refractivity contribution in [3.05, 3.63) is 135 Å². The van der Waals surface area contributed by atoms with Crippen LogP contribution in [0.4, 0.5) is 0 Å². The Labute approximate surface area is 222 Å². The highest BCUT2D eigenvalue weighted by Gasteiger charge is 2.16. The molecule has 0 saturated heterocycles. The summed E-state index contributed by atoms with van der Waals surface area (Å²) in [5.41, 5.74) is 9.01. The van der Waals surface area contributed by atoms with Crippen molar-refractivity contribution in [2.75, 3.05) is 6.54 Å². The normalized spacial score (nSPS) is 13.3. The lowest BCUT2D eigenvalue weighted by Gasteiger charge is -2.28. The molecule has 1 aliphatic heterocycles. The molecule has 6 heteroatoms. The molecule has 0 saturated carbocycles. The SMILES string of the molecule is O=C(N/N=C\c1ccc(OCc2ccccc2Cl)cc1)c1ccc(CN2CCc3ccccc3C2)cc1. The first kappa shape index (κ1) is 24.8. The van der Waals surface area contributed by atoms with E-state index in [-0.39, 0.29) is 5.91 Å². The molecule has 5 rings (SSSR count). The number of fused-ring (bicyclic) bond motifs is 1. The zero-order chi connectivity index (χ0) is 25.5. The summed E-state index contributed by atoms with van der Waals surface area (Å²) in [6, 6.07) is 31.5. The van der Waals surface area contributed by atoms with Crippen LogP contribution in [0.5, 0.6) is 5.75 Å². The Hall–Kier alpha value is -3.93. The van der Waals surface area contributed by atoms with Crippen molar-refractivity contribution in [2.45, 2.75) is 26.1 Å². The van der Waals surface area contributed by atoms with Crippen LogP contribution in [0.25, 0.3) is 0 Å². The zero-order valence-corrected chi connectivity index (χ0v) is 21.2. The third-order valence-electron chi connectivity index (χ3n) is 6.44. The van der Waals surface area contributed by atoms with E-state index >= 15 is 0 Å². The number of nitrogens with one attached hydrogen (secondary N) is 1. The first-order valence-corrected chi connectivity index (χ1v) is 12.7. The number of hydrogen-bond acceptors (Lipinski definition) is 4. The number of hydrogen-bond donors (Lipinski definition) is 1. The molecule has 186 valence electrons. The summed E-state index contributed by atoms with van der Waals surface area (Å²) in [6.07, 6.45) is 2.69. The van der Waals surface area contributed by atoms with Crippen molar-refractivity contribution in [1.29, 1.82) is 0 Å². The zero-order valence-electron chi connectivity index (χ0n) is 20.4. The maximum Gasteiger partial charge on any atom is 0.271 e. The Bertz CT molecular complexity index is 1380. The van der Waals surface area contributed by atoms with Crippen molar-refractivity contribution >= 4 is 23.7 Å². The van der Waals surface area contributed by atoms with E-state index in [1.165, 1.54) is 16.7 Å². The van der Waals surface area contributed by atoms with Gasteiger partial charge in [0.2, 0.25) is 0 Å². The average molecular weight is 510 g/mol. The van der Waals surface area contributed by atoms with Gasteiger partial charge in [-0.2, -0.15) is 5.10 Å². The Morgan fingerprint density at radius 3 is 2.43 bits per heavy atom. The fourth-order valence-electron chi connectivity index (χ4n) is 4.37. The predicted octanol–water partition coefficient (Wildman–Crippen LogP) is 6.24. The van der Waals surface area contributed by atoms with E-state index in [1.54, 1.807) is 6.21 Å². The van der Waals surface area contributed by atoms with Gasteiger partial charge in [0.05, 0.1) is 6.21 Å². The number of nitrogens with zero attached hydrogens (tertiary/aromatic N) is 2. The molecule has 0 unspecified atom stereocenters. The number of rotatable bonds is 8. The quantitative estimate of drug-likeness (QED) is 0.226. The van der Waals surface area contributed by atoms with Crippen LogP contribution >= 0.6 is 11.6 Å². The van der Waals surface area contributed by atoms with Gasteiger partial charge in [-0.3, -0.25) is 9.69 Å². The van der Waals surface area contributed by atoms with Crippen molar-refractivity contribution in [3.8, 4) is 5.75 Å². The summed E-state index contributed by atoms with van der Waals surface area (Å²) in [6.45, 7) is 3.27. The number of benzene rings is 4. The monoisotopic (exact) mass is 509 g/mol. The maximum absolute atomic E-state index is 12.5. The third kappa shape index (κ3) is 6.64. The number of amides is 1. The predicted molar refractivity (Wildman–Crippen MR) is 148 cm³/mol. The van der Waals surface area contributed by atoms with Crippen molar-refractivity contribution in [3.63, 3.8) is 0 Å².